The normalized spacial score (nSPS) is 11.3. The van der Waals surface area contributed by atoms with Crippen LogP contribution in [0.3, 0.4) is 0 Å². The third-order valence-electron chi connectivity index (χ3n) is 3.44. The van der Waals surface area contributed by atoms with Crippen LogP contribution < -0.4 is 15.8 Å². The first-order valence-electron chi connectivity index (χ1n) is 7.43. The Kier molecular flexibility index (Phi) is 4.48. The summed E-state index contributed by atoms with van der Waals surface area (Å²) in [6.07, 6.45) is 1.29. The fraction of sp³-hybridized carbons (Fsp3) is 0.0625. The number of nitrogens with zero attached hydrogens (tertiary/aromatic N) is 3. The standard InChI is InChI=1S/C16H14N6O4/c1-18-16(17)21-15(23)13-6-9-2-3-10(7-12(9)20-13)26-11-4-5-19-14(8-11)22(24)25/h2-8,20H,1H3,(H3,17,18,21,23). The number of carbonyl (C=O) groups excluding carboxylic acids is 1. The van der Waals surface area contributed by atoms with Gasteiger partial charge in [-0.05, 0) is 28.1 Å². The SMILES string of the molecule is CNC(N)=NC(=O)c1cc2ccc(Oc3ccnc([N+](=O)[O-])c3)cc2[nH]1. The van der Waals surface area contributed by atoms with Gasteiger partial charge in [-0.3, -0.25) is 4.79 Å². The molecule has 0 bridgehead atoms. The first kappa shape index (κ1) is 16.9. The molecule has 0 unspecified atom stereocenters. The number of amides is 1. The van der Waals surface area contributed by atoms with Crippen LogP contribution in [0.5, 0.6) is 11.5 Å². The molecule has 10 nitrogen and oxygen atoms in total. The summed E-state index contributed by atoms with van der Waals surface area (Å²) in [4.78, 5) is 32.5. The van der Waals surface area contributed by atoms with Crippen LogP contribution in [0.25, 0.3) is 10.9 Å². The summed E-state index contributed by atoms with van der Waals surface area (Å²) in [7, 11) is 1.56. The van der Waals surface area contributed by atoms with Gasteiger partial charge in [0.1, 0.15) is 23.4 Å². The van der Waals surface area contributed by atoms with Crippen molar-refractivity contribution in [3.63, 3.8) is 0 Å². The lowest BCUT2D eigenvalue weighted by Gasteiger charge is -2.04. The van der Waals surface area contributed by atoms with Crippen LogP contribution in [0.4, 0.5) is 5.82 Å². The maximum absolute atomic E-state index is 12.0. The molecule has 0 spiro atoms. The van der Waals surface area contributed by atoms with Gasteiger partial charge in [-0.1, -0.05) is 0 Å². The number of benzene rings is 1. The zero-order valence-corrected chi connectivity index (χ0v) is 13.6. The van der Waals surface area contributed by atoms with Gasteiger partial charge >= 0.3 is 5.82 Å². The molecule has 0 radical (unpaired) electrons. The Morgan fingerprint density at radius 1 is 1.31 bits per heavy atom. The minimum atomic E-state index is -0.601. The third kappa shape index (κ3) is 3.59. The van der Waals surface area contributed by atoms with E-state index in [9.17, 15) is 14.9 Å². The molecule has 132 valence electrons. The molecule has 0 saturated carbocycles. The van der Waals surface area contributed by atoms with Crippen molar-refractivity contribution in [3.8, 4) is 11.5 Å². The molecular formula is C16H14N6O4. The largest absolute Gasteiger partial charge is 0.457 e. The van der Waals surface area contributed by atoms with Gasteiger partial charge < -0.3 is 30.9 Å². The molecule has 10 heteroatoms. The summed E-state index contributed by atoms with van der Waals surface area (Å²) in [6.45, 7) is 0. The number of nitro groups is 1. The van der Waals surface area contributed by atoms with Crippen molar-refractivity contribution in [1.29, 1.82) is 0 Å². The van der Waals surface area contributed by atoms with Gasteiger partial charge in [-0.2, -0.15) is 4.99 Å². The van der Waals surface area contributed by atoms with Crippen LogP contribution in [-0.4, -0.2) is 33.8 Å². The molecule has 2 heterocycles. The van der Waals surface area contributed by atoms with E-state index < -0.39 is 10.8 Å². The molecule has 3 aromatic rings. The predicted molar refractivity (Wildman–Crippen MR) is 94.3 cm³/mol. The number of aromatic amines is 1. The molecule has 1 amide bonds. The lowest BCUT2D eigenvalue weighted by molar-refractivity contribution is -0.389. The lowest BCUT2D eigenvalue weighted by atomic mass is 10.2. The highest BCUT2D eigenvalue weighted by atomic mass is 16.6. The topological polar surface area (TPSA) is 149 Å². The van der Waals surface area contributed by atoms with Crippen molar-refractivity contribution >= 4 is 28.6 Å². The number of rotatable bonds is 4. The Morgan fingerprint density at radius 3 is 2.81 bits per heavy atom. The number of aliphatic imine (C=N–C) groups is 1. The molecular weight excluding hydrogens is 340 g/mol. The highest BCUT2D eigenvalue weighted by Crippen LogP contribution is 2.27. The van der Waals surface area contributed by atoms with Crippen molar-refractivity contribution < 1.29 is 14.5 Å². The Morgan fingerprint density at radius 2 is 2.08 bits per heavy atom. The van der Waals surface area contributed by atoms with Crippen LogP contribution in [0, 0.1) is 10.1 Å². The average Bonchev–Trinajstić information content (AvgIpc) is 3.05. The van der Waals surface area contributed by atoms with Crippen molar-refractivity contribution in [3.05, 3.63) is 58.4 Å². The predicted octanol–water partition coefficient (Wildman–Crippen LogP) is 1.94. The van der Waals surface area contributed by atoms with Gasteiger partial charge in [0.15, 0.2) is 5.96 Å². The number of nitrogens with two attached hydrogens (primary N) is 1. The number of nitrogens with one attached hydrogen (secondary N) is 2. The van der Waals surface area contributed by atoms with Crippen LogP contribution >= 0.6 is 0 Å². The molecule has 0 aliphatic rings. The number of fused-ring (bicyclic) bond motifs is 1. The zero-order chi connectivity index (χ0) is 18.7. The van der Waals surface area contributed by atoms with Crippen LogP contribution in [0.2, 0.25) is 0 Å². The molecule has 0 aliphatic heterocycles. The summed E-state index contributed by atoms with van der Waals surface area (Å²) in [5.41, 5.74) is 6.40. The minimum absolute atomic E-state index is 0.0111. The molecule has 2 aromatic heterocycles. The van der Waals surface area contributed by atoms with Crippen LogP contribution in [-0.2, 0) is 0 Å². The maximum Gasteiger partial charge on any atom is 0.367 e. The second-order valence-corrected chi connectivity index (χ2v) is 5.19. The van der Waals surface area contributed by atoms with E-state index in [4.69, 9.17) is 10.5 Å². The first-order valence-corrected chi connectivity index (χ1v) is 7.43. The van der Waals surface area contributed by atoms with Crippen LogP contribution in [0.15, 0.2) is 47.6 Å². The van der Waals surface area contributed by atoms with Gasteiger partial charge in [-0.25, -0.2) is 0 Å². The fourth-order valence-corrected chi connectivity index (χ4v) is 2.21. The van der Waals surface area contributed by atoms with E-state index in [2.05, 4.69) is 20.3 Å². The number of hydrogen-bond donors (Lipinski definition) is 3. The molecule has 0 aliphatic carbocycles. The summed E-state index contributed by atoms with van der Waals surface area (Å²) >= 11 is 0. The molecule has 26 heavy (non-hydrogen) atoms. The zero-order valence-electron chi connectivity index (χ0n) is 13.6. The summed E-state index contributed by atoms with van der Waals surface area (Å²) < 4.78 is 5.62. The van der Waals surface area contributed by atoms with E-state index >= 15 is 0 Å². The van der Waals surface area contributed by atoms with Gasteiger partial charge in [0.25, 0.3) is 5.91 Å². The Balaban J connectivity index is 1.87. The summed E-state index contributed by atoms with van der Waals surface area (Å²) in [5.74, 6) is -0.0917. The molecule has 0 atom stereocenters. The maximum atomic E-state index is 12.0. The second-order valence-electron chi connectivity index (χ2n) is 5.19. The molecule has 0 saturated heterocycles. The third-order valence-corrected chi connectivity index (χ3v) is 3.44. The Labute approximate surface area is 146 Å². The van der Waals surface area contributed by atoms with Gasteiger partial charge in [0.2, 0.25) is 0 Å². The number of hydrogen-bond acceptors (Lipinski definition) is 5. The van der Waals surface area contributed by atoms with Crippen molar-refractivity contribution in [1.82, 2.24) is 15.3 Å². The number of carbonyl (C=O) groups is 1. The molecule has 4 N–H and O–H groups in total. The fourth-order valence-electron chi connectivity index (χ4n) is 2.21. The summed E-state index contributed by atoms with van der Waals surface area (Å²) in [6, 6.07) is 9.48. The van der Waals surface area contributed by atoms with Gasteiger partial charge in [-0.15, -0.1) is 0 Å². The smallest absolute Gasteiger partial charge is 0.367 e. The average molecular weight is 354 g/mol. The van der Waals surface area contributed by atoms with Gasteiger partial charge in [0.05, 0.1) is 6.07 Å². The van der Waals surface area contributed by atoms with Crippen molar-refractivity contribution in [2.45, 2.75) is 0 Å². The quantitative estimate of drug-likeness (QED) is 0.280. The minimum Gasteiger partial charge on any atom is -0.457 e. The van der Waals surface area contributed by atoms with Crippen molar-refractivity contribution in [2.75, 3.05) is 7.05 Å². The molecule has 3 rings (SSSR count). The number of guanidine groups is 1. The number of ether oxygens (including phenoxy) is 1. The molecule has 1 aromatic carbocycles. The number of H-pyrrole nitrogens is 1. The van der Waals surface area contributed by atoms with Crippen molar-refractivity contribution in [2.24, 2.45) is 10.7 Å². The first-order chi connectivity index (χ1) is 12.5. The lowest BCUT2D eigenvalue weighted by Crippen LogP contribution is -2.28. The highest BCUT2D eigenvalue weighted by Gasteiger charge is 2.12. The van der Waals surface area contributed by atoms with E-state index in [0.29, 0.717) is 11.3 Å². The van der Waals surface area contributed by atoms with E-state index in [0.717, 1.165) is 5.39 Å². The monoisotopic (exact) mass is 354 g/mol. The number of aromatic nitrogens is 2. The molecule has 0 fully saturated rings. The van der Waals surface area contributed by atoms with Crippen LogP contribution in [0.1, 0.15) is 10.5 Å². The van der Waals surface area contributed by atoms with E-state index in [1.807, 2.05) is 0 Å². The van der Waals surface area contributed by atoms with E-state index in [1.54, 1.807) is 31.3 Å². The Bertz CT molecular complexity index is 1030. The Hall–Kier alpha value is -3.95. The number of pyridine rings is 1. The van der Waals surface area contributed by atoms with Gasteiger partial charge in [0, 0.05) is 30.1 Å². The highest BCUT2D eigenvalue weighted by molar-refractivity contribution is 6.04. The second kappa shape index (κ2) is 6.89. The van der Waals surface area contributed by atoms with E-state index in [-0.39, 0.29) is 23.2 Å². The van der Waals surface area contributed by atoms with E-state index in [1.165, 1.54) is 18.3 Å². The summed E-state index contributed by atoms with van der Waals surface area (Å²) in [5, 5.41) is 14.1.